The zero-order valence-corrected chi connectivity index (χ0v) is 14.7. The van der Waals surface area contributed by atoms with Crippen LogP contribution < -0.4 is 5.32 Å². The van der Waals surface area contributed by atoms with Crippen LogP contribution in [0.2, 0.25) is 0 Å². The first-order chi connectivity index (χ1) is 10.1. The van der Waals surface area contributed by atoms with Crippen LogP contribution in [0.1, 0.15) is 39.3 Å². The van der Waals surface area contributed by atoms with Crippen LogP contribution in [0.5, 0.6) is 0 Å². The van der Waals surface area contributed by atoms with Crippen LogP contribution in [0.25, 0.3) is 4.96 Å². The number of imidazole rings is 1. The van der Waals surface area contributed by atoms with Crippen LogP contribution in [0, 0.1) is 0 Å². The van der Waals surface area contributed by atoms with E-state index in [9.17, 15) is 0 Å². The van der Waals surface area contributed by atoms with E-state index >= 15 is 0 Å². The van der Waals surface area contributed by atoms with Crippen LogP contribution in [0.3, 0.4) is 0 Å². The second-order valence-corrected chi connectivity index (χ2v) is 6.72. The van der Waals surface area contributed by atoms with E-state index in [1.807, 2.05) is 0 Å². The molecule has 2 aromatic rings. The van der Waals surface area contributed by atoms with Crippen LogP contribution in [-0.2, 0) is 6.42 Å². The molecule has 0 spiro atoms. The van der Waals surface area contributed by atoms with E-state index in [1.165, 1.54) is 5.69 Å². The van der Waals surface area contributed by atoms with Crippen molar-refractivity contribution in [3.63, 3.8) is 0 Å². The molecule has 0 saturated carbocycles. The van der Waals surface area contributed by atoms with Gasteiger partial charge in [0.2, 0.25) is 0 Å². The topological polar surface area (TPSA) is 32.6 Å². The quantitative estimate of drug-likeness (QED) is 0.813. The summed E-state index contributed by atoms with van der Waals surface area (Å²) >= 11 is 1.69. The fourth-order valence-corrected chi connectivity index (χ4v) is 4.19. The number of likely N-dealkylation sites (N-methyl/N-ethyl adjacent to an activating group) is 2. The van der Waals surface area contributed by atoms with Gasteiger partial charge in [0.1, 0.15) is 0 Å². The van der Waals surface area contributed by atoms with E-state index in [-0.39, 0.29) is 5.54 Å². The summed E-state index contributed by atoms with van der Waals surface area (Å²) in [4.78, 5) is 8.23. The molecule has 0 aromatic carbocycles. The SMILES string of the molecule is CCNC(Cc1cn2ccsc2n1)C(CC)(CC)N(C)C. The van der Waals surface area contributed by atoms with Gasteiger partial charge in [-0.1, -0.05) is 20.8 Å². The first kappa shape index (κ1) is 16.5. The number of rotatable bonds is 8. The Bertz CT molecular complexity index is 525. The summed E-state index contributed by atoms with van der Waals surface area (Å²) in [6.45, 7) is 7.76. The number of aromatic nitrogens is 2. The molecule has 118 valence electrons. The molecule has 21 heavy (non-hydrogen) atoms. The molecule has 1 atom stereocenters. The third-order valence-electron chi connectivity index (χ3n) is 4.77. The largest absolute Gasteiger partial charge is 0.312 e. The Hall–Kier alpha value is -0.910. The molecule has 2 heterocycles. The molecule has 0 aliphatic carbocycles. The summed E-state index contributed by atoms with van der Waals surface area (Å²) in [5.74, 6) is 0. The lowest BCUT2D eigenvalue weighted by molar-refractivity contribution is 0.0885. The highest BCUT2D eigenvalue weighted by molar-refractivity contribution is 7.15. The highest BCUT2D eigenvalue weighted by Gasteiger charge is 2.37. The van der Waals surface area contributed by atoms with Crippen LogP contribution in [-0.4, -0.2) is 46.5 Å². The van der Waals surface area contributed by atoms with Gasteiger partial charge in [-0.15, -0.1) is 11.3 Å². The van der Waals surface area contributed by atoms with Gasteiger partial charge in [-0.2, -0.15) is 0 Å². The van der Waals surface area contributed by atoms with Crippen molar-refractivity contribution >= 4 is 16.3 Å². The fraction of sp³-hybridized carbons (Fsp3) is 0.688. The second kappa shape index (κ2) is 6.90. The number of hydrogen-bond acceptors (Lipinski definition) is 4. The predicted octanol–water partition coefficient (Wildman–Crippen LogP) is 3.04. The van der Waals surface area contributed by atoms with E-state index in [4.69, 9.17) is 4.98 Å². The van der Waals surface area contributed by atoms with E-state index in [1.54, 1.807) is 11.3 Å². The van der Waals surface area contributed by atoms with Gasteiger partial charge in [-0.25, -0.2) is 4.98 Å². The lowest BCUT2D eigenvalue weighted by Gasteiger charge is -2.45. The van der Waals surface area contributed by atoms with Crippen molar-refractivity contribution in [1.82, 2.24) is 19.6 Å². The lowest BCUT2D eigenvalue weighted by atomic mass is 9.81. The molecule has 0 fully saturated rings. The molecule has 4 nitrogen and oxygen atoms in total. The van der Waals surface area contributed by atoms with Gasteiger partial charge in [0.15, 0.2) is 4.96 Å². The summed E-state index contributed by atoms with van der Waals surface area (Å²) in [7, 11) is 4.40. The summed E-state index contributed by atoms with van der Waals surface area (Å²) < 4.78 is 2.12. The Morgan fingerprint density at radius 2 is 2.05 bits per heavy atom. The lowest BCUT2D eigenvalue weighted by Crippen LogP contribution is -2.59. The standard InChI is InChI=1S/C16H28N4S/c1-6-16(7-2,19(4)5)14(17-8-3)11-13-12-20-9-10-21-15(20)18-13/h9-10,12,14,17H,6-8,11H2,1-5H3. The Balaban J connectivity index is 2.26. The monoisotopic (exact) mass is 308 g/mol. The average Bonchev–Trinajstić information content (AvgIpc) is 3.01. The molecule has 0 saturated heterocycles. The summed E-state index contributed by atoms with van der Waals surface area (Å²) in [6.07, 6.45) is 7.49. The number of fused-ring (bicyclic) bond motifs is 1. The molecule has 2 aromatic heterocycles. The van der Waals surface area contributed by atoms with Gasteiger partial charge in [0, 0.05) is 35.8 Å². The fourth-order valence-electron chi connectivity index (χ4n) is 3.47. The number of nitrogens with one attached hydrogen (secondary N) is 1. The van der Waals surface area contributed by atoms with Crippen molar-refractivity contribution in [3.8, 4) is 0 Å². The third-order valence-corrected chi connectivity index (χ3v) is 5.54. The third kappa shape index (κ3) is 3.15. The minimum atomic E-state index is 0.174. The van der Waals surface area contributed by atoms with Crippen LogP contribution >= 0.6 is 11.3 Å². The van der Waals surface area contributed by atoms with Crippen molar-refractivity contribution in [3.05, 3.63) is 23.5 Å². The second-order valence-electron chi connectivity index (χ2n) is 5.84. The Labute approximate surface area is 132 Å². The molecule has 0 amide bonds. The van der Waals surface area contributed by atoms with Crippen LogP contribution in [0.4, 0.5) is 0 Å². The van der Waals surface area contributed by atoms with Crippen molar-refractivity contribution in [2.75, 3.05) is 20.6 Å². The molecular formula is C16H28N4S. The van der Waals surface area contributed by atoms with Gasteiger partial charge in [-0.3, -0.25) is 4.40 Å². The van der Waals surface area contributed by atoms with Crippen molar-refractivity contribution in [2.45, 2.75) is 51.6 Å². The van der Waals surface area contributed by atoms with Gasteiger partial charge >= 0.3 is 0 Å². The van der Waals surface area contributed by atoms with Crippen LogP contribution in [0.15, 0.2) is 17.8 Å². The molecule has 0 aliphatic rings. The molecule has 0 aliphatic heterocycles. The van der Waals surface area contributed by atoms with Crippen molar-refractivity contribution in [2.24, 2.45) is 0 Å². The first-order valence-electron chi connectivity index (χ1n) is 7.89. The van der Waals surface area contributed by atoms with E-state index in [0.29, 0.717) is 6.04 Å². The maximum absolute atomic E-state index is 4.76. The molecule has 1 unspecified atom stereocenters. The van der Waals surface area contributed by atoms with Gasteiger partial charge in [0.25, 0.3) is 0 Å². The van der Waals surface area contributed by atoms with E-state index < -0.39 is 0 Å². The number of nitrogens with zero attached hydrogens (tertiary/aromatic N) is 3. The number of thiazole rings is 1. The molecular weight excluding hydrogens is 280 g/mol. The molecule has 0 bridgehead atoms. The molecule has 5 heteroatoms. The summed E-state index contributed by atoms with van der Waals surface area (Å²) in [5, 5.41) is 5.78. The van der Waals surface area contributed by atoms with Gasteiger partial charge in [-0.05, 0) is 33.5 Å². The van der Waals surface area contributed by atoms with Crippen molar-refractivity contribution < 1.29 is 0 Å². The summed E-state index contributed by atoms with van der Waals surface area (Å²) in [6, 6.07) is 0.414. The summed E-state index contributed by atoms with van der Waals surface area (Å²) in [5.41, 5.74) is 1.36. The maximum Gasteiger partial charge on any atom is 0.193 e. The van der Waals surface area contributed by atoms with E-state index in [0.717, 1.165) is 30.8 Å². The molecule has 0 radical (unpaired) electrons. The van der Waals surface area contributed by atoms with Gasteiger partial charge < -0.3 is 10.2 Å². The zero-order chi connectivity index (χ0) is 15.5. The minimum Gasteiger partial charge on any atom is -0.312 e. The van der Waals surface area contributed by atoms with Gasteiger partial charge in [0.05, 0.1) is 5.69 Å². The highest BCUT2D eigenvalue weighted by atomic mass is 32.1. The average molecular weight is 308 g/mol. The number of hydrogen-bond donors (Lipinski definition) is 1. The zero-order valence-electron chi connectivity index (χ0n) is 13.9. The normalized spacial score (nSPS) is 14.2. The highest BCUT2D eigenvalue weighted by Crippen LogP contribution is 2.28. The first-order valence-corrected chi connectivity index (χ1v) is 8.77. The Kier molecular flexibility index (Phi) is 5.41. The van der Waals surface area contributed by atoms with Crippen molar-refractivity contribution in [1.29, 1.82) is 0 Å². The maximum atomic E-state index is 4.76. The Morgan fingerprint density at radius 3 is 2.57 bits per heavy atom. The smallest absolute Gasteiger partial charge is 0.193 e. The molecule has 2 rings (SSSR count). The predicted molar refractivity (Wildman–Crippen MR) is 91.2 cm³/mol. The Morgan fingerprint density at radius 1 is 1.33 bits per heavy atom. The van der Waals surface area contributed by atoms with E-state index in [2.05, 4.69) is 67.3 Å². The minimum absolute atomic E-state index is 0.174. The molecule has 1 N–H and O–H groups in total.